The Morgan fingerprint density at radius 2 is 1.90 bits per heavy atom. The fraction of sp³-hybridized carbons (Fsp3) is 0.400. The lowest BCUT2D eigenvalue weighted by Crippen LogP contribution is -2.41. The maximum atomic E-state index is 13.3. The molecule has 20 heavy (non-hydrogen) atoms. The van der Waals surface area contributed by atoms with Gasteiger partial charge in [-0.15, -0.1) is 0 Å². The van der Waals surface area contributed by atoms with E-state index in [9.17, 15) is 30.4 Å². The molecule has 0 heterocycles. The minimum Gasteiger partial charge on any atom is -0.398 e. The molecule has 1 aromatic rings. The molecule has 0 aliphatic heterocycles. The number of alkyl halides is 4. The Hall–Kier alpha value is -1.42. The second-order valence-corrected chi connectivity index (χ2v) is 5.77. The van der Waals surface area contributed by atoms with Crippen molar-refractivity contribution in [3.63, 3.8) is 0 Å². The molecule has 0 bridgehead atoms. The van der Waals surface area contributed by atoms with Crippen LogP contribution in [0.4, 0.5) is 27.6 Å². The van der Waals surface area contributed by atoms with Gasteiger partial charge in [-0.25, -0.2) is 26.3 Å². The molecule has 0 unspecified atom stereocenters. The Labute approximate surface area is 111 Å². The van der Waals surface area contributed by atoms with Gasteiger partial charge in [0.15, 0.2) is 0 Å². The number of benzene rings is 1. The Balaban J connectivity index is 3.01. The summed E-state index contributed by atoms with van der Waals surface area (Å²) in [7, 11) is -4.57. The van der Waals surface area contributed by atoms with Crippen molar-refractivity contribution in [2.24, 2.45) is 0 Å². The van der Waals surface area contributed by atoms with E-state index in [2.05, 4.69) is 0 Å². The van der Waals surface area contributed by atoms with Gasteiger partial charge in [-0.2, -0.15) is 8.78 Å². The molecule has 1 rings (SSSR count). The van der Waals surface area contributed by atoms with E-state index in [0.29, 0.717) is 6.07 Å². The van der Waals surface area contributed by atoms with Gasteiger partial charge < -0.3 is 5.73 Å². The second-order valence-electron chi connectivity index (χ2n) is 4.01. The molecule has 1 aromatic carbocycles. The molecule has 0 radical (unpaired) electrons. The SMILES string of the molecule is Cc1c(N)cc(S(=O)(=O)NCC(F)(F)C(F)F)cc1F. The Morgan fingerprint density at radius 1 is 1.35 bits per heavy atom. The van der Waals surface area contributed by atoms with Gasteiger partial charge in [-0.3, -0.25) is 0 Å². The number of sulfonamides is 1. The summed E-state index contributed by atoms with van der Waals surface area (Å²) in [4.78, 5) is -0.719. The molecular weight excluding hydrogens is 307 g/mol. The van der Waals surface area contributed by atoms with Gasteiger partial charge in [0.25, 0.3) is 0 Å². The number of hydrogen-bond acceptors (Lipinski definition) is 3. The lowest BCUT2D eigenvalue weighted by atomic mass is 10.2. The van der Waals surface area contributed by atoms with E-state index >= 15 is 0 Å². The first-order chi connectivity index (χ1) is 8.97. The Morgan fingerprint density at radius 3 is 2.35 bits per heavy atom. The average Bonchev–Trinajstić information content (AvgIpc) is 2.33. The molecule has 0 atom stereocenters. The highest BCUT2D eigenvalue weighted by Crippen LogP contribution is 2.24. The van der Waals surface area contributed by atoms with Crippen molar-refractivity contribution in [2.75, 3.05) is 12.3 Å². The van der Waals surface area contributed by atoms with E-state index in [1.165, 1.54) is 11.6 Å². The number of halogens is 5. The number of nitrogens with one attached hydrogen (secondary N) is 1. The molecule has 0 aliphatic rings. The maximum Gasteiger partial charge on any atom is 0.320 e. The summed E-state index contributed by atoms with van der Waals surface area (Å²) in [6, 6.07) is 1.41. The van der Waals surface area contributed by atoms with Gasteiger partial charge in [-0.1, -0.05) is 0 Å². The molecule has 10 heteroatoms. The van der Waals surface area contributed by atoms with Crippen LogP contribution in [0.3, 0.4) is 0 Å². The summed E-state index contributed by atoms with van der Waals surface area (Å²) in [5.41, 5.74) is 5.13. The van der Waals surface area contributed by atoms with Crippen LogP contribution in [0.5, 0.6) is 0 Å². The predicted molar refractivity (Wildman–Crippen MR) is 61.7 cm³/mol. The number of rotatable bonds is 5. The van der Waals surface area contributed by atoms with Crippen molar-refractivity contribution in [3.05, 3.63) is 23.5 Å². The zero-order valence-electron chi connectivity index (χ0n) is 10.1. The van der Waals surface area contributed by atoms with Crippen LogP contribution in [-0.4, -0.2) is 27.3 Å². The highest BCUT2D eigenvalue weighted by atomic mass is 32.2. The van der Waals surface area contributed by atoms with Crippen molar-refractivity contribution < 1.29 is 30.4 Å². The number of anilines is 1. The summed E-state index contributed by atoms with van der Waals surface area (Å²) in [6.45, 7) is -0.512. The summed E-state index contributed by atoms with van der Waals surface area (Å²) >= 11 is 0. The molecular formula is C10H11F5N2O2S. The molecule has 0 spiro atoms. The molecule has 0 saturated carbocycles. The highest BCUT2D eigenvalue weighted by molar-refractivity contribution is 7.89. The van der Waals surface area contributed by atoms with Crippen molar-refractivity contribution in [1.82, 2.24) is 4.72 Å². The van der Waals surface area contributed by atoms with Crippen LogP contribution in [0.15, 0.2) is 17.0 Å². The van der Waals surface area contributed by atoms with Gasteiger partial charge >= 0.3 is 12.3 Å². The zero-order valence-corrected chi connectivity index (χ0v) is 10.9. The van der Waals surface area contributed by atoms with Gasteiger partial charge in [0.2, 0.25) is 10.0 Å². The lowest BCUT2D eigenvalue weighted by Gasteiger charge is -2.16. The summed E-state index contributed by atoms with van der Waals surface area (Å²) < 4.78 is 86.9. The van der Waals surface area contributed by atoms with Crippen molar-refractivity contribution in [1.29, 1.82) is 0 Å². The van der Waals surface area contributed by atoms with Crippen LogP contribution >= 0.6 is 0 Å². The molecule has 0 aliphatic carbocycles. The van der Waals surface area contributed by atoms with E-state index in [1.807, 2.05) is 0 Å². The third kappa shape index (κ3) is 3.57. The third-order valence-corrected chi connectivity index (χ3v) is 3.87. The fourth-order valence-electron chi connectivity index (χ4n) is 1.18. The molecule has 3 N–H and O–H groups in total. The maximum absolute atomic E-state index is 13.3. The monoisotopic (exact) mass is 318 g/mol. The van der Waals surface area contributed by atoms with E-state index in [1.54, 1.807) is 0 Å². The smallest absolute Gasteiger partial charge is 0.320 e. The minimum atomic E-state index is -4.57. The summed E-state index contributed by atoms with van der Waals surface area (Å²) in [5, 5.41) is 0. The van der Waals surface area contributed by atoms with E-state index in [0.717, 1.165) is 6.07 Å². The molecule has 0 aromatic heterocycles. The van der Waals surface area contributed by atoms with Crippen molar-refractivity contribution in [2.45, 2.75) is 24.2 Å². The Bertz CT molecular complexity index is 581. The van der Waals surface area contributed by atoms with Crippen molar-refractivity contribution in [3.8, 4) is 0 Å². The van der Waals surface area contributed by atoms with Gasteiger partial charge in [0.05, 0.1) is 11.4 Å². The predicted octanol–water partition coefficient (Wildman–Crippen LogP) is 1.90. The van der Waals surface area contributed by atoms with Crippen LogP contribution in [0.2, 0.25) is 0 Å². The van der Waals surface area contributed by atoms with E-state index in [-0.39, 0.29) is 11.3 Å². The first-order valence-electron chi connectivity index (χ1n) is 5.18. The Kier molecular flexibility index (Phi) is 4.59. The average molecular weight is 318 g/mol. The molecule has 0 fully saturated rings. The topological polar surface area (TPSA) is 72.2 Å². The minimum absolute atomic E-state index is 0.0122. The van der Waals surface area contributed by atoms with Crippen LogP contribution in [-0.2, 0) is 10.0 Å². The second kappa shape index (κ2) is 5.52. The number of hydrogen-bond donors (Lipinski definition) is 2. The first-order valence-corrected chi connectivity index (χ1v) is 6.67. The molecule has 4 nitrogen and oxygen atoms in total. The molecule has 0 saturated heterocycles. The first kappa shape index (κ1) is 16.6. The fourth-order valence-corrected chi connectivity index (χ4v) is 2.27. The quantitative estimate of drug-likeness (QED) is 0.643. The standard InChI is InChI=1S/C10H11F5N2O2S/c1-5-7(11)2-6(3-8(5)16)20(18,19)17-4-10(14,15)9(12)13/h2-3,9,17H,4,16H2,1H3. The molecule has 0 amide bonds. The van der Waals surface area contributed by atoms with Gasteiger partial charge in [0, 0.05) is 11.3 Å². The summed E-state index contributed by atoms with van der Waals surface area (Å²) in [5.74, 6) is -5.48. The lowest BCUT2D eigenvalue weighted by molar-refractivity contribution is -0.122. The third-order valence-electron chi connectivity index (χ3n) is 2.49. The summed E-state index contributed by atoms with van der Waals surface area (Å²) in [6.07, 6.45) is -4.02. The largest absolute Gasteiger partial charge is 0.398 e. The van der Waals surface area contributed by atoms with E-state index < -0.39 is 39.6 Å². The van der Waals surface area contributed by atoms with Crippen LogP contribution < -0.4 is 10.5 Å². The normalized spacial score (nSPS) is 12.9. The van der Waals surface area contributed by atoms with Crippen molar-refractivity contribution >= 4 is 15.7 Å². The number of nitrogens with two attached hydrogens (primary N) is 1. The van der Waals surface area contributed by atoms with Gasteiger partial charge in [0.1, 0.15) is 5.82 Å². The van der Waals surface area contributed by atoms with E-state index in [4.69, 9.17) is 5.73 Å². The highest BCUT2D eigenvalue weighted by Gasteiger charge is 2.41. The van der Waals surface area contributed by atoms with Crippen LogP contribution in [0.1, 0.15) is 5.56 Å². The van der Waals surface area contributed by atoms with Gasteiger partial charge in [-0.05, 0) is 19.1 Å². The zero-order chi connectivity index (χ0) is 15.7. The number of nitrogen functional groups attached to an aromatic ring is 1. The molecule has 114 valence electrons. The van der Waals surface area contributed by atoms with Crippen LogP contribution in [0.25, 0.3) is 0 Å². The van der Waals surface area contributed by atoms with Crippen LogP contribution in [0, 0.1) is 12.7 Å².